The molecule has 2 aromatic heterocycles. The van der Waals surface area contributed by atoms with Gasteiger partial charge >= 0.3 is 0 Å². The summed E-state index contributed by atoms with van der Waals surface area (Å²) in [6.07, 6.45) is 2.33. The molecule has 3 heterocycles. The molecule has 1 aliphatic carbocycles. The van der Waals surface area contributed by atoms with Crippen molar-refractivity contribution >= 4 is 41.8 Å². The Morgan fingerprint density at radius 1 is 1.30 bits per heavy atom. The first kappa shape index (κ1) is 21.9. The van der Waals surface area contributed by atoms with Crippen molar-refractivity contribution in [2.75, 3.05) is 19.6 Å². The monoisotopic (exact) mass is 413 g/mol. The number of halogens is 2. The number of amides is 1. The Bertz CT molecular complexity index is 835. The Labute approximate surface area is 172 Å². The zero-order chi connectivity index (χ0) is 17.8. The van der Waals surface area contributed by atoms with Crippen molar-refractivity contribution in [2.24, 2.45) is 5.92 Å². The van der Waals surface area contributed by atoms with Gasteiger partial charge in [-0.05, 0) is 46.6 Å². The zero-order valence-electron chi connectivity index (χ0n) is 16.3. The van der Waals surface area contributed by atoms with Gasteiger partial charge in [-0.25, -0.2) is 9.67 Å². The number of nitrogens with one attached hydrogen (secondary N) is 2. The van der Waals surface area contributed by atoms with Crippen LogP contribution in [0.15, 0.2) is 6.07 Å². The molecule has 2 aliphatic rings. The van der Waals surface area contributed by atoms with Crippen LogP contribution in [0.2, 0.25) is 0 Å². The second kappa shape index (κ2) is 7.94. The molecule has 0 radical (unpaired) electrons. The largest absolute Gasteiger partial charge is 0.352 e. The van der Waals surface area contributed by atoms with Crippen LogP contribution in [0.25, 0.3) is 11.0 Å². The van der Waals surface area contributed by atoms with Crippen LogP contribution in [-0.2, 0) is 5.54 Å². The van der Waals surface area contributed by atoms with Crippen molar-refractivity contribution in [1.29, 1.82) is 0 Å². The standard InChI is InChI=1S/C19H27N5O.2ClH/c1-11-16-14(18(25)21-10-12-8-20-9-12)7-15(13-5-6-13)22-17(16)24(23-11)19(2,3)4;;/h7,12-13,20H,5-6,8-10H2,1-4H3,(H,21,25);2*1H. The average Bonchev–Trinajstić information content (AvgIpc) is 3.28. The number of pyridine rings is 1. The van der Waals surface area contributed by atoms with Gasteiger partial charge in [0.25, 0.3) is 5.91 Å². The SMILES string of the molecule is Cc1nn(C(C)(C)C)c2nc(C3CC3)cc(C(=O)NCC3CNC3)c12.Cl.Cl. The molecule has 8 heteroatoms. The van der Waals surface area contributed by atoms with Gasteiger partial charge in [0.05, 0.1) is 22.2 Å². The van der Waals surface area contributed by atoms with Crippen molar-refractivity contribution in [1.82, 2.24) is 25.4 Å². The summed E-state index contributed by atoms with van der Waals surface area (Å²) in [6.45, 7) is 11.0. The van der Waals surface area contributed by atoms with Crippen LogP contribution in [0.4, 0.5) is 0 Å². The molecule has 0 aromatic carbocycles. The molecule has 0 unspecified atom stereocenters. The zero-order valence-corrected chi connectivity index (χ0v) is 18.0. The van der Waals surface area contributed by atoms with Crippen LogP contribution in [-0.4, -0.2) is 40.3 Å². The van der Waals surface area contributed by atoms with Crippen molar-refractivity contribution in [3.63, 3.8) is 0 Å². The Morgan fingerprint density at radius 2 is 1.96 bits per heavy atom. The van der Waals surface area contributed by atoms with E-state index in [0.717, 1.165) is 60.5 Å². The molecule has 0 bridgehead atoms. The number of rotatable bonds is 4. The summed E-state index contributed by atoms with van der Waals surface area (Å²) in [5.41, 5.74) is 3.30. The minimum absolute atomic E-state index is 0. The summed E-state index contributed by atoms with van der Waals surface area (Å²) in [6, 6.07) is 2.00. The molecular formula is C19H29Cl2N5O. The van der Waals surface area contributed by atoms with E-state index in [-0.39, 0.29) is 36.3 Å². The maximum atomic E-state index is 12.9. The number of hydrogen-bond donors (Lipinski definition) is 2. The van der Waals surface area contributed by atoms with Gasteiger partial charge in [0.1, 0.15) is 0 Å². The number of carbonyl (C=O) groups is 1. The fourth-order valence-electron chi connectivity index (χ4n) is 3.37. The van der Waals surface area contributed by atoms with Crippen LogP contribution in [0.1, 0.15) is 61.3 Å². The van der Waals surface area contributed by atoms with Crippen molar-refractivity contribution < 1.29 is 4.79 Å². The second-order valence-corrected chi connectivity index (χ2v) is 8.47. The van der Waals surface area contributed by atoms with E-state index in [9.17, 15) is 4.79 Å². The second-order valence-electron chi connectivity index (χ2n) is 8.47. The van der Waals surface area contributed by atoms with E-state index >= 15 is 0 Å². The first-order chi connectivity index (χ1) is 11.8. The highest BCUT2D eigenvalue weighted by molar-refractivity contribution is 6.06. The minimum atomic E-state index is -0.174. The molecule has 27 heavy (non-hydrogen) atoms. The third kappa shape index (κ3) is 4.23. The summed E-state index contributed by atoms with van der Waals surface area (Å²) in [7, 11) is 0. The molecule has 150 valence electrons. The molecule has 6 nitrogen and oxygen atoms in total. The lowest BCUT2D eigenvalue weighted by atomic mass is 10.0. The third-order valence-electron chi connectivity index (χ3n) is 5.13. The Kier molecular flexibility index (Phi) is 6.44. The summed E-state index contributed by atoms with van der Waals surface area (Å²) < 4.78 is 1.97. The van der Waals surface area contributed by atoms with Gasteiger partial charge in [0.15, 0.2) is 5.65 Å². The van der Waals surface area contributed by atoms with E-state index in [2.05, 4.69) is 31.4 Å². The summed E-state index contributed by atoms with van der Waals surface area (Å²) in [4.78, 5) is 17.8. The molecule has 2 fully saturated rings. The number of aryl methyl sites for hydroxylation is 1. The van der Waals surface area contributed by atoms with Crippen LogP contribution in [0.3, 0.4) is 0 Å². The predicted octanol–water partition coefficient (Wildman–Crippen LogP) is 3.16. The Morgan fingerprint density at radius 3 is 2.48 bits per heavy atom. The fraction of sp³-hybridized carbons (Fsp3) is 0.632. The van der Waals surface area contributed by atoms with E-state index < -0.39 is 0 Å². The number of aromatic nitrogens is 3. The van der Waals surface area contributed by atoms with Crippen molar-refractivity contribution in [2.45, 2.75) is 52.0 Å². The van der Waals surface area contributed by atoms with Crippen LogP contribution in [0, 0.1) is 12.8 Å². The fourth-order valence-corrected chi connectivity index (χ4v) is 3.37. The molecule has 1 saturated heterocycles. The Hall–Kier alpha value is -1.37. The highest BCUT2D eigenvalue weighted by Gasteiger charge is 2.30. The number of carbonyl (C=O) groups excluding carboxylic acids is 1. The van der Waals surface area contributed by atoms with Gasteiger partial charge in [-0.1, -0.05) is 0 Å². The molecule has 1 amide bonds. The summed E-state index contributed by atoms with van der Waals surface area (Å²) >= 11 is 0. The van der Waals surface area contributed by atoms with Crippen LogP contribution < -0.4 is 10.6 Å². The van der Waals surface area contributed by atoms with E-state index in [1.54, 1.807) is 0 Å². The molecule has 4 rings (SSSR count). The summed E-state index contributed by atoms with van der Waals surface area (Å²) in [5, 5.41) is 12.0. The Balaban J connectivity index is 0.00000131. The third-order valence-corrected chi connectivity index (χ3v) is 5.13. The van der Waals surface area contributed by atoms with Crippen LogP contribution >= 0.6 is 24.8 Å². The van der Waals surface area contributed by atoms with Gasteiger partial charge in [0, 0.05) is 37.2 Å². The average molecular weight is 414 g/mol. The molecule has 1 saturated carbocycles. The molecule has 0 spiro atoms. The van der Waals surface area contributed by atoms with Gasteiger partial charge in [-0.2, -0.15) is 5.10 Å². The molecule has 1 aliphatic heterocycles. The van der Waals surface area contributed by atoms with Crippen molar-refractivity contribution in [3.8, 4) is 0 Å². The topological polar surface area (TPSA) is 71.8 Å². The van der Waals surface area contributed by atoms with E-state index in [0.29, 0.717) is 11.8 Å². The minimum Gasteiger partial charge on any atom is -0.352 e. The molecule has 2 N–H and O–H groups in total. The predicted molar refractivity (Wildman–Crippen MR) is 112 cm³/mol. The lowest BCUT2D eigenvalue weighted by Gasteiger charge is -2.27. The quantitative estimate of drug-likeness (QED) is 0.806. The normalized spacial score (nSPS) is 17.0. The van der Waals surface area contributed by atoms with Gasteiger partial charge in [-0.3, -0.25) is 4.79 Å². The first-order valence-electron chi connectivity index (χ1n) is 9.24. The summed E-state index contributed by atoms with van der Waals surface area (Å²) in [5.74, 6) is 1.04. The maximum Gasteiger partial charge on any atom is 0.252 e. The molecule has 0 atom stereocenters. The van der Waals surface area contributed by atoms with Crippen molar-refractivity contribution in [3.05, 3.63) is 23.0 Å². The lowest BCUT2D eigenvalue weighted by Crippen LogP contribution is -2.48. The maximum absolute atomic E-state index is 12.9. The molecular weight excluding hydrogens is 385 g/mol. The number of fused-ring (bicyclic) bond motifs is 1. The smallest absolute Gasteiger partial charge is 0.252 e. The highest BCUT2D eigenvalue weighted by Crippen LogP contribution is 2.40. The van der Waals surface area contributed by atoms with E-state index in [1.165, 1.54) is 0 Å². The number of nitrogens with zero attached hydrogens (tertiary/aromatic N) is 3. The van der Waals surface area contributed by atoms with Gasteiger partial charge < -0.3 is 10.6 Å². The number of hydrogen-bond acceptors (Lipinski definition) is 4. The highest BCUT2D eigenvalue weighted by atomic mass is 35.5. The van der Waals surface area contributed by atoms with Gasteiger partial charge in [-0.15, -0.1) is 24.8 Å². The van der Waals surface area contributed by atoms with Crippen LogP contribution in [0.5, 0.6) is 0 Å². The van der Waals surface area contributed by atoms with E-state index in [4.69, 9.17) is 10.1 Å². The van der Waals surface area contributed by atoms with E-state index in [1.807, 2.05) is 17.7 Å². The lowest BCUT2D eigenvalue weighted by molar-refractivity contribution is 0.0943. The van der Waals surface area contributed by atoms with Gasteiger partial charge in [0.2, 0.25) is 0 Å². The first-order valence-corrected chi connectivity index (χ1v) is 9.24. The molecule has 2 aromatic rings.